The first-order valence-electron chi connectivity index (χ1n) is 7.73. The number of nitrogens with zero attached hydrogens (tertiary/aromatic N) is 1. The molecule has 0 saturated carbocycles. The summed E-state index contributed by atoms with van der Waals surface area (Å²) in [6.45, 7) is 0. The van der Waals surface area contributed by atoms with Crippen LogP contribution in [0.5, 0.6) is 23.0 Å². The number of methoxy groups -OCH3 is 1. The Balaban J connectivity index is 1.69. The van der Waals surface area contributed by atoms with Gasteiger partial charge in [-0.3, -0.25) is 4.79 Å². The molecule has 0 unspecified atom stereocenters. The molecule has 2 aromatic carbocycles. The molecule has 0 fully saturated rings. The lowest BCUT2D eigenvalue weighted by Crippen LogP contribution is -2.14. The summed E-state index contributed by atoms with van der Waals surface area (Å²) >= 11 is 0. The van der Waals surface area contributed by atoms with E-state index in [2.05, 4.69) is 10.3 Å². The number of carbonyl (C=O) groups is 1. The van der Waals surface area contributed by atoms with Crippen LogP contribution in [-0.2, 0) is 0 Å². The fourth-order valence-corrected chi connectivity index (χ4v) is 2.24. The Morgan fingerprint density at radius 3 is 2.27 bits per heavy atom. The van der Waals surface area contributed by atoms with E-state index in [1.54, 1.807) is 48.5 Å². The largest absolute Gasteiger partial charge is 0.503 e. The van der Waals surface area contributed by atoms with Crippen molar-refractivity contribution in [3.63, 3.8) is 0 Å². The zero-order valence-electron chi connectivity index (χ0n) is 14.0. The number of anilines is 2. The molecule has 0 spiro atoms. The standard InChI is InChI=1S/C19H17N3O4/c1-25-16-10-11-21-17(18(16)23)19(24)22-13-4-8-15(9-5-13)26-14-6-2-12(20)3-7-14/h2-11,23H,20H2,1H3,(H,22,24). The smallest absolute Gasteiger partial charge is 0.278 e. The van der Waals surface area contributed by atoms with Crippen molar-refractivity contribution in [2.24, 2.45) is 0 Å². The van der Waals surface area contributed by atoms with Gasteiger partial charge in [-0.05, 0) is 48.5 Å². The van der Waals surface area contributed by atoms with E-state index in [1.165, 1.54) is 19.4 Å². The number of hydrogen-bond acceptors (Lipinski definition) is 6. The minimum atomic E-state index is -0.548. The van der Waals surface area contributed by atoms with E-state index >= 15 is 0 Å². The average Bonchev–Trinajstić information content (AvgIpc) is 2.65. The normalized spacial score (nSPS) is 10.2. The van der Waals surface area contributed by atoms with Crippen LogP contribution in [0.3, 0.4) is 0 Å². The van der Waals surface area contributed by atoms with Crippen LogP contribution in [0.25, 0.3) is 0 Å². The number of carbonyl (C=O) groups excluding carboxylic acids is 1. The van der Waals surface area contributed by atoms with Crippen LogP contribution in [0.2, 0.25) is 0 Å². The first-order valence-corrected chi connectivity index (χ1v) is 7.73. The molecule has 3 rings (SSSR count). The van der Waals surface area contributed by atoms with Gasteiger partial charge in [0, 0.05) is 23.6 Å². The predicted octanol–water partition coefficient (Wildman–Crippen LogP) is 3.42. The van der Waals surface area contributed by atoms with Crippen molar-refractivity contribution in [2.45, 2.75) is 0 Å². The molecule has 7 nitrogen and oxygen atoms in total. The molecule has 0 atom stereocenters. The molecule has 1 aromatic heterocycles. The van der Waals surface area contributed by atoms with Gasteiger partial charge in [-0.2, -0.15) is 0 Å². The fraction of sp³-hybridized carbons (Fsp3) is 0.0526. The van der Waals surface area contributed by atoms with Crippen LogP contribution in [0.15, 0.2) is 60.8 Å². The number of rotatable bonds is 5. The van der Waals surface area contributed by atoms with Crippen LogP contribution >= 0.6 is 0 Å². The molecule has 0 aliphatic rings. The lowest BCUT2D eigenvalue weighted by molar-refractivity contribution is 0.101. The van der Waals surface area contributed by atoms with Gasteiger partial charge in [-0.25, -0.2) is 4.98 Å². The van der Waals surface area contributed by atoms with Gasteiger partial charge in [-0.1, -0.05) is 0 Å². The van der Waals surface area contributed by atoms with Crippen LogP contribution in [0, 0.1) is 0 Å². The number of nitrogens with two attached hydrogens (primary N) is 1. The number of nitrogen functional groups attached to an aromatic ring is 1. The van der Waals surface area contributed by atoms with Crippen molar-refractivity contribution in [2.75, 3.05) is 18.2 Å². The van der Waals surface area contributed by atoms with Gasteiger partial charge in [0.1, 0.15) is 11.5 Å². The predicted molar refractivity (Wildman–Crippen MR) is 97.8 cm³/mol. The van der Waals surface area contributed by atoms with Crippen LogP contribution < -0.4 is 20.5 Å². The lowest BCUT2D eigenvalue weighted by atomic mass is 10.2. The third-order valence-electron chi connectivity index (χ3n) is 3.55. The summed E-state index contributed by atoms with van der Waals surface area (Å²) in [5.41, 5.74) is 6.71. The number of amides is 1. The first-order chi connectivity index (χ1) is 12.6. The molecule has 1 heterocycles. The molecule has 1 amide bonds. The zero-order valence-corrected chi connectivity index (χ0v) is 14.0. The second-order valence-corrected chi connectivity index (χ2v) is 5.36. The van der Waals surface area contributed by atoms with Gasteiger partial charge >= 0.3 is 0 Å². The maximum absolute atomic E-state index is 12.3. The van der Waals surface area contributed by atoms with Crippen molar-refractivity contribution in [3.8, 4) is 23.0 Å². The number of hydrogen-bond donors (Lipinski definition) is 3. The van der Waals surface area contributed by atoms with E-state index in [0.717, 1.165) is 0 Å². The Hall–Kier alpha value is -3.74. The van der Waals surface area contributed by atoms with Gasteiger partial charge in [0.2, 0.25) is 0 Å². The Morgan fingerprint density at radius 2 is 1.65 bits per heavy atom. The third kappa shape index (κ3) is 3.84. The molecule has 4 N–H and O–H groups in total. The summed E-state index contributed by atoms with van der Waals surface area (Å²) in [6.07, 6.45) is 1.39. The minimum absolute atomic E-state index is 0.119. The highest BCUT2D eigenvalue weighted by Gasteiger charge is 2.16. The van der Waals surface area contributed by atoms with Crippen molar-refractivity contribution in [1.29, 1.82) is 0 Å². The van der Waals surface area contributed by atoms with Gasteiger partial charge in [-0.15, -0.1) is 0 Å². The molecule has 0 aliphatic carbocycles. The van der Waals surface area contributed by atoms with E-state index in [9.17, 15) is 9.90 Å². The Kier molecular flexibility index (Phi) is 4.89. The third-order valence-corrected chi connectivity index (χ3v) is 3.55. The zero-order chi connectivity index (χ0) is 18.5. The second kappa shape index (κ2) is 7.43. The number of pyridine rings is 1. The summed E-state index contributed by atoms with van der Waals surface area (Å²) in [7, 11) is 1.40. The van der Waals surface area contributed by atoms with Crippen LogP contribution in [0.1, 0.15) is 10.5 Å². The Labute approximate surface area is 150 Å². The summed E-state index contributed by atoms with van der Waals surface area (Å²) in [4.78, 5) is 16.2. The highest BCUT2D eigenvalue weighted by Crippen LogP contribution is 2.28. The average molecular weight is 351 g/mol. The number of aromatic nitrogens is 1. The molecule has 0 bridgehead atoms. The van der Waals surface area contributed by atoms with Gasteiger partial charge in [0.15, 0.2) is 17.2 Å². The Bertz CT molecular complexity index is 909. The van der Waals surface area contributed by atoms with Gasteiger partial charge in [0.05, 0.1) is 7.11 Å². The summed E-state index contributed by atoms with van der Waals surface area (Å²) in [6, 6.07) is 15.3. The molecular formula is C19H17N3O4. The molecule has 0 saturated heterocycles. The molecule has 0 radical (unpaired) electrons. The molecule has 0 aliphatic heterocycles. The lowest BCUT2D eigenvalue weighted by Gasteiger charge is -2.10. The van der Waals surface area contributed by atoms with E-state index in [1.807, 2.05) is 0 Å². The maximum atomic E-state index is 12.3. The molecule has 7 heteroatoms. The molecule has 3 aromatic rings. The van der Waals surface area contributed by atoms with Crippen molar-refractivity contribution in [1.82, 2.24) is 4.98 Å². The number of ether oxygens (including phenoxy) is 2. The SMILES string of the molecule is COc1ccnc(C(=O)Nc2ccc(Oc3ccc(N)cc3)cc2)c1O. The van der Waals surface area contributed by atoms with Crippen molar-refractivity contribution in [3.05, 3.63) is 66.5 Å². The first kappa shape index (κ1) is 17.1. The van der Waals surface area contributed by atoms with Crippen LogP contribution in [-0.4, -0.2) is 23.1 Å². The summed E-state index contributed by atoms with van der Waals surface area (Å²) < 4.78 is 10.7. The Morgan fingerprint density at radius 1 is 1.04 bits per heavy atom. The maximum Gasteiger partial charge on any atom is 0.278 e. The van der Waals surface area contributed by atoms with Crippen LogP contribution in [0.4, 0.5) is 11.4 Å². The number of aromatic hydroxyl groups is 1. The molecule has 26 heavy (non-hydrogen) atoms. The number of nitrogens with one attached hydrogen (secondary N) is 1. The topological polar surface area (TPSA) is 107 Å². The monoisotopic (exact) mass is 351 g/mol. The summed E-state index contributed by atoms with van der Waals surface area (Å²) in [5.74, 6) is 0.582. The van der Waals surface area contributed by atoms with E-state index < -0.39 is 5.91 Å². The van der Waals surface area contributed by atoms with E-state index in [4.69, 9.17) is 15.2 Å². The number of benzene rings is 2. The minimum Gasteiger partial charge on any atom is -0.503 e. The highest BCUT2D eigenvalue weighted by atomic mass is 16.5. The highest BCUT2D eigenvalue weighted by molar-refractivity contribution is 6.05. The fourth-order valence-electron chi connectivity index (χ4n) is 2.24. The van der Waals surface area contributed by atoms with E-state index in [0.29, 0.717) is 22.9 Å². The van der Waals surface area contributed by atoms with Gasteiger partial charge in [0.25, 0.3) is 5.91 Å². The second-order valence-electron chi connectivity index (χ2n) is 5.36. The molecular weight excluding hydrogens is 334 g/mol. The summed E-state index contributed by atoms with van der Waals surface area (Å²) in [5, 5.41) is 12.6. The van der Waals surface area contributed by atoms with Crippen molar-refractivity contribution < 1.29 is 19.4 Å². The van der Waals surface area contributed by atoms with Gasteiger partial charge < -0.3 is 25.6 Å². The van der Waals surface area contributed by atoms with E-state index in [-0.39, 0.29) is 17.2 Å². The van der Waals surface area contributed by atoms with Crippen molar-refractivity contribution >= 4 is 17.3 Å². The quantitative estimate of drug-likeness (QED) is 0.608. The molecule has 132 valence electrons.